The summed E-state index contributed by atoms with van der Waals surface area (Å²) >= 11 is 10.9. The van der Waals surface area contributed by atoms with Crippen LogP contribution in [-0.2, 0) is 0 Å². The van der Waals surface area contributed by atoms with E-state index in [1.54, 1.807) is 24.3 Å². The number of halogens is 2. The van der Waals surface area contributed by atoms with Crippen molar-refractivity contribution in [3.8, 4) is 0 Å². The van der Waals surface area contributed by atoms with E-state index in [2.05, 4.69) is 0 Å². The smallest absolute Gasteiger partial charge is 0.264 e. The Labute approximate surface area is 90.2 Å². The zero-order valence-corrected chi connectivity index (χ0v) is 8.34. The van der Waals surface area contributed by atoms with E-state index >= 15 is 0 Å². The summed E-state index contributed by atoms with van der Waals surface area (Å²) in [6.45, 7) is 0. The third kappa shape index (κ3) is 1.21. The van der Waals surface area contributed by atoms with E-state index in [4.69, 9.17) is 23.2 Å². The first kappa shape index (κ1) is 9.49. The molecule has 0 saturated carbocycles. The van der Waals surface area contributed by atoms with Gasteiger partial charge in [0.05, 0.1) is 11.1 Å². The van der Waals surface area contributed by atoms with Crippen LogP contribution >= 0.6 is 23.2 Å². The Morgan fingerprint density at radius 1 is 1.00 bits per heavy atom. The Morgan fingerprint density at radius 2 is 1.43 bits per heavy atom. The minimum Gasteiger partial charge on any atom is -0.268 e. The molecule has 0 atom stereocenters. The van der Waals surface area contributed by atoms with Crippen molar-refractivity contribution in [1.82, 2.24) is 4.90 Å². The molecule has 0 fully saturated rings. The molecule has 0 unspecified atom stereocenters. The lowest BCUT2D eigenvalue weighted by Crippen LogP contribution is -2.28. The summed E-state index contributed by atoms with van der Waals surface area (Å²) in [5, 5.41) is 0. The van der Waals surface area contributed by atoms with Gasteiger partial charge in [-0.25, -0.2) is 4.90 Å². The molecular weight excluding hydrogens is 225 g/mol. The fourth-order valence-corrected chi connectivity index (χ4v) is 1.65. The van der Waals surface area contributed by atoms with Crippen LogP contribution in [0.25, 0.3) is 0 Å². The van der Waals surface area contributed by atoms with Gasteiger partial charge in [-0.1, -0.05) is 35.3 Å². The first-order chi connectivity index (χ1) is 6.63. The highest BCUT2D eigenvalue weighted by Crippen LogP contribution is 2.30. The molecule has 2 amide bonds. The second-order valence-electron chi connectivity index (χ2n) is 2.73. The average Bonchev–Trinajstić information content (AvgIpc) is 2.41. The SMILES string of the molecule is O=C1c2ccccc2C(=O)N1[C](Cl)Cl. The van der Waals surface area contributed by atoms with Crippen molar-refractivity contribution in [3.05, 3.63) is 40.4 Å². The molecule has 1 aromatic carbocycles. The van der Waals surface area contributed by atoms with E-state index in [1.165, 1.54) is 0 Å². The average molecular weight is 229 g/mol. The summed E-state index contributed by atoms with van der Waals surface area (Å²) in [6, 6.07) is 6.48. The fourth-order valence-electron chi connectivity index (χ4n) is 1.34. The number of nitrogens with zero attached hydrogens (tertiary/aromatic N) is 1. The van der Waals surface area contributed by atoms with Gasteiger partial charge in [-0.3, -0.25) is 9.59 Å². The quantitative estimate of drug-likeness (QED) is 0.546. The highest BCUT2D eigenvalue weighted by molar-refractivity contribution is 6.54. The normalized spacial score (nSPS) is 15.2. The summed E-state index contributed by atoms with van der Waals surface area (Å²) < 4.78 is 0. The Hall–Kier alpha value is -1.06. The Balaban J connectivity index is 2.54. The van der Waals surface area contributed by atoms with Crippen molar-refractivity contribution >= 4 is 35.0 Å². The van der Waals surface area contributed by atoms with Crippen molar-refractivity contribution in [3.63, 3.8) is 0 Å². The van der Waals surface area contributed by atoms with E-state index < -0.39 is 11.8 Å². The molecule has 0 N–H and O–H groups in total. The third-order valence-corrected chi connectivity index (χ3v) is 2.30. The highest BCUT2D eigenvalue weighted by Gasteiger charge is 2.39. The minimum absolute atomic E-state index is 0.330. The number of fused-ring (bicyclic) bond motifs is 1. The van der Waals surface area contributed by atoms with E-state index in [9.17, 15) is 9.59 Å². The van der Waals surface area contributed by atoms with Gasteiger partial charge in [0.25, 0.3) is 16.8 Å². The van der Waals surface area contributed by atoms with Gasteiger partial charge in [0.15, 0.2) is 0 Å². The van der Waals surface area contributed by atoms with Crippen LogP contribution in [0.3, 0.4) is 0 Å². The molecule has 1 aliphatic heterocycles. The molecule has 0 spiro atoms. The van der Waals surface area contributed by atoms with E-state index in [1.807, 2.05) is 0 Å². The number of carbonyl (C=O) groups is 2. The van der Waals surface area contributed by atoms with E-state index in [0.717, 1.165) is 4.90 Å². The fraction of sp³-hybridized carbons (Fsp3) is 0. The number of hydrogen-bond acceptors (Lipinski definition) is 2. The van der Waals surface area contributed by atoms with Gasteiger partial charge < -0.3 is 0 Å². The number of hydrogen-bond donors (Lipinski definition) is 0. The topological polar surface area (TPSA) is 37.4 Å². The maximum absolute atomic E-state index is 11.6. The number of amides is 2. The first-order valence-corrected chi connectivity index (χ1v) is 4.54. The summed E-state index contributed by atoms with van der Waals surface area (Å²) in [5.74, 6) is -0.962. The van der Waals surface area contributed by atoms with Crippen molar-refractivity contribution < 1.29 is 9.59 Å². The molecule has 71 valence electrons. The standard InChI is InChI=1S/C9H4Cl2NO2/c10-9(11)12-7(13)5-3-1-2-4-6(5)8(12)14/h1-4H. The first-order valence-electron chi connectivity index (χ1n) is 3.78. The van der Waals surface area contributed by atoms with Crippen molar-refractivity contribution in [2.45, 2.75) is 0 Å². The van der Waals surface area contributed by atoms with Gasteiger partial charge in [0.2, 0.25) is 0 Å². The summed E-state index contributed by atoms with van der Waals surface area (Å²) in [4.78, 5) is 23.5. The van der Waals surface area contributed by atoms with Crippen molar-refractivity contribution in [2.75, 3.05) is 0 Å². The number of carbonyl (C=O) groups excluding carboxylic acids is 2. The number of imide groups is 1. The second kappa shape index (κ2) is 3.26. The molecule has 0 saturated heterocycles. The zero-order valence-electron chi connectivity index (χ0n) is 6.83. The van der Waals surface area contributed by atoms with Crippen LogP contribution in [0.1, 0.15) is 20.7 Å². The minimum atomic E-state index is -0.481. The molecule has 0 aliphatic carbocycles. The molecule has 0 bridgehead atoms. The molecule has 14 heavy (non-hydrogen) atoms. The molecule has 1 aliphatic rings. The lowest BCUT2D eigenvalue weighted by atomic mass is 10.1. The molecule has 2 rings (SSSR count). The largest absolute Gasteiger partial charge is 0.268 e. The Bertz CT molecular complexity index is 382. The van der Waals surface area contributed by atoms with Crippen LogP contribution in [-0.4, -0.2) is 16.7 Å². The van der Waals surface area contributed by atoms with Gasteiger partial charge in [0, 0.05) is 0 Å². The third-order valence-electron chi connectivity index (χ3n) is 1.96. The van der Waals surface area contributed by atoms with Gasteiger partial charge >= 0.3 is 0 Å². The molecule has 1 aromatic rings. The maximum atomic E-state index is 11.6. The van der Waals surface area contributed by atoms with Crippen LogP contribution in [0.5, 0.6) is 0 Å². The van der Waals surface area contributed by atoms with Crippen LogP contribution in [0, 0.1) is 4.96 Å². The Kier molecular flexibility index (Phi) is 2.21. The second-order valence-corrected chi connectivity index (χ2v) is 3.64. The monoisotopic (exact) mass is 228 g/mol. The van der Waals surface area contributed by atoms with E-state index in [-0.39, 0.29) is 4.96 Å². The van der Waals surface area contributed by atoms with Crippen LogP contribution in [0.4, 0.5) is 0 Å². The number of benzene rings is 1. The van der Waals surface area contributed by atoms with Crippen LogP contribution in [0.2, 0.25) is 0 Å². The van der Waals surface area contributed by atoms with Crippen molar-refractivity contribution in [1.29, 1.82) is 0 Å². The Morgan fingerprint density at radius 3 is 1.79 bits per heavy atom. The van der Waals surface area contributed by atoms with Crippen LogP contribution in [0.15, 0.2) is 24.3 Å². The van der Waals surface area contributed by atoms with Gasteiger partial charge in [-0.05, 0) is 12.1 Å². The van der Waals surface area contributed by atoms with Crippen LogP contribution < -0.4 is 0 Å². The molecule has 3 nitrogen and oxygen atoms in total. The lowest BCUT2D eigenvalue weighted by molar-refractivity contribution is 0.0702. The van der Waals surface area contributed by atoms with Crippen molar-refractivity contribution in [2.24, 2.45) is 0 Å². The maximum Gasteiger partial charge on any atom is 0.264 e. The molecule has 1 radical (unpaired) electrons. The molecule has 5 heteroatoms. The highest BCUT2D eigenvalue weighted by atomic mass is 35.5. The van der Waals surface area contributed by atoms with E-state index in [0.29, 0.717) is 11.1 Å². The van der Waals surface area contributed by atoms with Gasteiger partial charge in [-0.2, -0.15) is 0 Å². The zero-order chi connectivity index (χ0) is 10.3. The lowest BCUT2D eigenvalue weighted by Gasteiger charge is -2.11. The predicted octanol–water partition coefficient (Wildman–Crippen LogP) is 2.21. The van der Waals surface area contributed by atoms with Gasteiger partial charge in [0.1, 0.15) is 0 Å². The molecule has 0 aromatic heterocycles. The summed E-state index contributed by atoms with van der Waals surface area (Å²) in [6.07, 6.45) is 0. The summed E-state index contributed by atoms with van der Waals surface area (Å²) in [5.41, 5.74) is 0.660. The predicted molar refractivity (Wildman–Crippen MR) is 51.9 cm³/mol. The van der Waals surface area contributed by atoms with Gasteiger partial charge in [-0.15, -0.1) is 0 Å². The molecule has 1 heterocycles. The summed E-state index contributed by atoms with van der Waals surface area (Å²) in [7, 11) is 0. The number of rotatable bonds is 1. The molecular formula is C9H4Cl2NO2.